The Balaban J connectivity index is 2.57. The smallest absolute Gasteiger partial charge is 0.135 e. The Kier molecular flexibility index (Phi) is 3.81. The van der Waals surface area contributed by atoms with Gasteiger partial charge in [0.1, 0.15) is 5.82 Å². The van der Waals surface area contributed by atoms with Crippen molar-refractivity contribution in [2.75, 3.05) is 18.0 Å². The van der Waals surface area contributed by atoms with Crippen molar-refractivity contribution < 1.29 is 5.11 Å². The number of benzene rings is 1. The number of para-hydroxylation sites is 1. The van der Waals surface area contributed by atoms with Crippen LogP contribution >= 0.6 is 0 Å². The number of rotatable bonds is 4. The summed E-state index contributed by atoms with van der Waals surface area (Å²) in [7, 11) is 0. The van der Waals surface area contributed by atoms with Gasteiger partial charge in [0.25, 0.3) is 0 Å². The van der Waals surface area contributed by atoms with Gasteiger partial charge in [-0.25, -0.2) is 4.98 Å². The van der Waals surface area contributed by atoms with E-state index in [1.165, 1.54) is 0 Å². The molecule has 0 radical (unpaired) electrons. The van der Waals surface area contributed by atoms with Crippen LogP contribution in [-0.4, -0.2) is 23.2 Å². The van der Waals surface area contributed by atoms with Crippen molar-refractivity contribution in [3.63, 3.8) is 0 Å². The van der Waals surface area contributed by atoms with Crippen molar-refractivity contribution in [1.29, 1.82) is 0 Å². The number of aromatic nitrogens is 1. The van der Waals surface area contributed by atoms with Gasteiger partial charge in [0.2, 0.25) is 0 Å². The van der Waals surface area contributed by atoms with Crippen molar-refractivity contribution in [3.8, 4) is 12.3 Å². The minimum atomic E-state index is -0.0335. The van der Waals surface area contributed by atoms with Crippen LogP contribution in [0.15, 0.2) is 30.3 Å². The third-order valence-electron chi connectivity index (χ3n) is 2.91. The van der Waals surface area contributed by atoms with Crippen LogP contribution in [0.5, 0.6) is 0 Å². The van der Waals surface area contributed by atoms with Crippen LogP contribution in [0.3, 0.4) is 0 Å². The first-order valence-electron chi connectivity index (χ1n) is 5.98. The van der Waals surface area contributed by atoms with E-state index in [-0.39, 0.29) is 6.61 Å². The highest BCUT2D eigenvalue weighted by atomic mass is 16.3. The van der Waals surface area contributed by atoms with Gasteiger partial charge in [0.15, 0.2) is 0 Å². The molecular formula is C15H16N2O. The lowest BCUT2D eigenvalue weighted by Crippen LogP contribution is -2.25. The SMILES string of the molecule is C#CCN(CC)c1nc2ccccc2cc1CO. The van der Waals surface area contributed by atoms with Crippen LogP contribution in [-0.2, 0) is 6.61 Å². The first-order chi connectivity index (χ1) is 8.80. The lowest BCUT2D eigenvalue weighted by Gasteiger charge is -2.22. The molecule has 0 fully saturated rings. The molecule has 0 atom stereocenters. The fourth-order valence-corrected chi connectivity index (χ4v) is 1.99. The normalized spacial score (nSPS) is 10.3. The van der Waals surface area contributed by atoms with E-state index in [0.717, 1.165) is 28.8 Å². The lowest BCUT2D eigenvalue weighted by molar-refractivity contribution is 0.282. The number of fused-ring (bicyclic) bond motifs is 1. The first-order valence-corrected chi connectivity index (χ1v) is 5.98. The summed E-state index contributed by atoms with van der Waals surface area (Å²) in [4.78, 5) is 6.59. The second-order valence-electron chi connectivity index (χ2n) is 4.04. The van der Waals surface area contributed by atoms with Crippen LogP contribution in [0.2, 0.25) is 0 Å². The topological polar surface area (TPSA) is 36.4 Å². The monoisotopic (exact) mass is 240 g/mol. The molecule has 0 aliphatic carbocycles. The number of nitrogens with zero attached hydrogens (tertiary/aromatic N) is 2. The molecule has 3 nitrogen and oxygen atoms in total. The number of hydrogen-bond acceptors (Lipinski definition) is 3. The zero-order valence-electron chi connectivity index (χ0n) is 10.4. The van der Waals surface area contributed by atoms with Crippen molar-refractivity contribution in [2.24, 2.45) is 0 Å². The highest BCUT2D eigenvalue weighted by Crippen LogP contribution is 2.23. The van der Waals surface area contributed by atoms with E-state index in [4.69, 9.17) is 6.42 Å². The predicted molar refractivity (Wildman–Crippen MR) is 74.4 cm³/mol. The maximum Gasteiger partial charge on any atom is 0.135 e. The van der Waals surface area contributed by atoms with Gasteiger partial charge >= 0.3 is 0 Å². The van der Waals surface area contributed by atoms with E-state index in [9.17, 15) is 5.11 Å². The molecule has 1 aromatic carbocycles. The number of pyridine rings is 1. The number of hydrogen-bond donors (Lipinski definition) is 1. The summed E-state index contributed by atoms with van der Waals surface area (Å²) in [5.74, 6) is 3.40. The number of aliphatic hydroxyl groups is 1. The average molecular weight is 240 g/mol. The minimum Gasteiger partial charge on any atom is -0.392 e. The Bertz CT molecular complexity index is 587. The molecule has 1 N–H and O–H groups in total. The molecule has 0 saturated carbocycles. The summed E-state index contributed by atoms with van der Waals surface area (Å²) < 4.78 is 0. The van der Waals surface area contributed by atoms with Crippen molar-refractivity contribution >= 4 is 16.7 Å². The predicted octanol–water partition coefficient (Wildman–Crippen LogP) is 2.19. The molecule has 0 aliphatic heterocycles. The maximum absolute atomic E-state index is 9.47. The summed E-state index contributed by atoms with van der Waals surface area (Å²) in [6, 6.07) is 9.84. The molecule has 18 heavy (non-hydrogen) atoms. The van der Waals surface area contributed by atoms with Crippen LogP contribution in [0, 0.1) is 12.3 Å². The van der Waals surface area contributed by atoms with E-state index in [1.807, 2.05) is 42.2 Å². The molecule has 0 amide bonds. The van der Waals surface area contributed by atoms with Crippen LogP contribution < -0.4 is 4.90 Å². The summed E-state index contributed by atoms with van der Waals surface area (Å²) in [6.07, 6.45) is 5.36. The standard InChI is InChI=1S/C15H16N2O/c1-3-9-17(4-2)15-13(11-18)10-12-7-5-6-8-14(12)16-15/h1,5-8,10,18H,4,9,11H2,2H3. The van der Waals surface area contributed by atoms with Gasteiger partial charge in [0, 0.05) is 17.5 Å². The van der Waals surface area contributed by atoms with Gasteiger partial charge in [0.05, 0.1) is 18.7 Å². The molecule has 1 aromatic heterocycles. The largest absolute Gasteiger partial charge is 0.392 e. The Morgan fingerprint density at radius 1 is 1.39 bits per heavy atom. The quantitative estimate of drug-likeness (QED) is 0.832. The van der Waals surface area contributed by atoms with Crippen LogP contribution in [0.25, 0.3) is 10.9 Å². The summed E-state index contributed by atoms with van der Waals surface area (Å²) >= 11 is 0. The minimum absolute atomic E-state index is 0.0335. The second kappa shape index (κ2) is 5.52. The highest BCUT2D eigenvalue weighted by Gasteiger charge is 2.11. The Hall–Kier alpha value is -2.05. The zero-order chi connectivity index (χ0) is 13.0. The van der Waals surface area contributed by atoms with Crippen LogP contribution in [0.1, 0.15) is 12.5 Å². The number of anilines is 1. The summed E-state index contributed by atoms with van der Waals surface area (Å²) in [5, 5.41) is 10.5. The third-order valence-corrected chi connectivity index (χ3v) is 2.91. The molecule has 0 bridgehead atoms. The number of terminal acetylenes is 1. The molecular weight excluding hydrogens is 224 g/mol. The Labute approximate surface area is 107 Å². The molecule has 3 heteroatoms. The van der Waals surface area contributed by atoms with E-state index >= 15 is 0 Å². The number of aliphatic hydroxyl groups excluding tert-OH is 1. The first kappa shape index (κ1) is 12.4. The van der Waals surface area contributed by atoms with Crippen molar-refractivity contribution in [1.82, 2.24) is 4.98 Å². The van der Waals surface area contributed by atoms with E-state index in [1.54, 1.807) is 0 Å². The fraction of sp³-hybridized carbons (Fsp3) is 0.267. The molecule has 0 aliphatic rings. The molecule has 0 saturated heterocycles. The Morgan fingerprint density at radius 3 is 2.83 bits per heavy atom. The van der Waals surface area contributed by atoms with Crippen molar-refractivity contribution in [2.45, 2.75) is 13.5 Å². The zero-order valence-corrected chi connectivity index (χ0v) is 10.4. The molecule has 92 valence electrons. The van der Waals surface area contributed by atoms with Gasteiger partial charge < -0.3 is 10.0 Å². The van der Waals surface area contributed by atoms with Crippen molar-refractivity contribution in [3.05, 3.63) is 35.9 Å². The van der Waals surface area contributed by atoms with Gasteiger partial charge in [-0.15, -0.1) is 6.42 Å². The highest BCUT2D eigenvalue weighted by molar-refractivity contribution is 5.81. The van der Waals surface area contributed by atoms with Crippen LogP contribution in [0.4, 0.5) is 5.82 Å². The second-order valence-corrected chi connectivity index (χ2v) is 4.04. The van der Waals surface area contributed by atoms with Gasteiger partial charge in [-0.1, -0.05) is 24.1 Å². The van der Waals surface area contributed by atoms with Gasteiger partial charge in [-0.05, 0) is 19.1 Å². The molecule has 0 spiro atoms. The van der Waals surface area contributed by atoms with E-state index in [2.05, 4.69) is 10.9 Å². The molecule has 0 unspecified atom stereocenters. The molecule has 2 rings (SSSR count). The summed E-state index contributed by atoms with van der Waals surface area (Å²) in [5.41, 5.74) is 1.73. The fourth-order valence-electron chi connectivity index (χ4n) is 1.99. The third kappa shape index (κ3) is 2.29. The molecule has 2 aromatic rings. The Morgan fingerprint density at radius 2 is 2.17 bits per heavy atom. The summed E-state index contributed by atoms with van der Waals surface area (Å²) in [6.45, 7) is 3.25. The lowest BCUT2D eigenvalue weighted by atomic mass is 10.1. The van der Waals surface area contributed by atoms with Gasteiger partial charge in [-0.3, -0.25) is 0 Å². The van der Waals surface area contributed by atoms with Gasteiger partial charge in [-0.2, -0.15) is 0 Å². The average Bonchev–Trinajstić information content (AvgIpc) is 2.43. The molecule has 1 heterocycles. The van der Waals surface area contributed by atoms with E-state index in [0.29, 0.717) is 6.54 Å². The van der Waals surface area contributed by atoms with E-state index < -0.39 is 0 Å². The maximum atomic E-state index is 9.47.